The highest BCUT2D eigenvalue weighted by Crippen LogP contribution is 2.28. The van der Waals surface area contributed by atoms with Crippen LogP contribution in [-0.2, 0) is 17.1 Å². The van der Waals surface area contributed by atoms with E-state index in [0.29, 0.717) is 26.2 Å². The summed E-state index contributed by atoms with van der Waals surface area (Å²) in [6.07, 6.45) is 6.87. The minimum absolute atomic E-state index is 0.127. The van der Waals surface area contributed by atoms with Crippen LogP contribution in [0.4, 0.5) is 5.69 Å². The zero-order chi connectivity index (χ0) is 23.8. The lowest BCUT2D eigenvalue weighted by atomic mass is 9.94. The van der Waals surface area contributed by atoms with E-state index in [2.05, 4.69) is 42.0 Å². The number of carbonyl (C=O) groups excluding carboxylic acids is 1. The largest absolute Gasteiger partial charge is 0.369 e. The Morgan fingerprint density at radius 1 is 1.06 bits per heavy atom. The predicted molar refractivity (Wildman–Crippen MR) is 129 cm³/mol. The summed E-state index contributed by atoms with van der Waals surface area (Å²) in [5.74, 6) is -0.261. The molecule has 180 valence electrons. The summed E-state index contributed by atoms with van der Waals surface area (Å²) in [4.78, 5) is 17.2. The highest BCUT2D eigenvalue weighted by molar-refractivity contribution is 7.89. The molecule has 33 heavy (non-hydrogen) atoms. The first-order chi connectivity index (χ1) is 15.7. The van der Waals surface area contributed by atoms with Crippen LogP contribution in [0, 0.1) is 13.8 Å². The molecule has 1 amide bonds. The molecule has 1 aromatic carbocycles. The second-order valence-corrected chi connectivity index (χ2v) is 11.3. The fourth-order valence-corrected chi connectivity index (χ4v) is 6.52. The van der Waals surface area contributed by atoms with E-state index in [4.69, 9.17) is 0 Å². The third-order valence-electron chi connectivity index (χ3n) is 7.00. The number of sulfonamides is 1. The average Bonchev–Trinajstić information content (AvgIpc) is 3.23. The third-order valence-corrected chi connectivity index (χ3v) is 8.83. The molecule has 0 radical (unpaired) electrons. The Bertz CT molecular complexity index is 1110. The summed E-state index contributed by atoms with van der Waals surface area (Å²) < 4.78 is 30.0. The van der Waals surface area contributed by atoms with E-state index in [-0.39, 0.29) is 22.5 Å². The van der Waals surface area contributed by atoms with Gasteiger partial charge in [-0.1, -0.05) is 31.4 Å². The van der Waals surface area contributed by atoms with Crippen molar-refractivity contribution >= 4 is 21.6 Å². The number of aryl methyl sites for hydroxylation is 3. The molecule has 9 heteroatoms. The number of aromatic nitrogens is 2. The zero-order valence-corrected chi connectivity index (χ0v) is 20.9. The van der Waals surface area contributed by atoms with E-state index in [1.165, 1.54) is 26.5 Å². The number of rotatable bonds is 5. The number of nitrogens with zero attached hydrogens (tertiary/aromatic N) is 5. The number of amides is 1. The smallest absolute Gasteiger partial charge is 0.263 e. The van der Waals surface area contributed by atoms with Gasteiger partial charge in [0, 0.05) is 58.2 Å². The van der Waals surface area contributed by atoms with Gasteiger partial charge in [0.25, 0.3) is 15.9 Å². The first-order valence-corrected chi connectivity index (χ1v) is 13.3. The van der Waals surface area contributed by atoms with E-state index in [1.807, 2.05) is 0 Å². The van der Waals surface area contributed by atoms with Gasteiger partial charge in [-0.05, 0) is 43.9 Å². The highest BCUT2D eigenvalue weighted by atomic mass is 32.2. The molecule has 1 aliphatic heterocycles. The van der Waals surface area contributed by atoms with Crippen molar-refractivity contribution in [3.8, 4) is 0 Å². The summed E-state index contributed by atoms with van der Waals surface area (Å²) in [5, 5.41) is 4.11. The van der Waals surface area contributed by atoms with Gasteiger partial charge in [0.15, 0.2) is 0 Å². The first kappa shape index (κ1) is 23.8. The minimum atomic E-state index is -3.88. The van der Waals surface area contributed by atoms with Gasteiger partial charge in [-0.2, -0.15) is 9.40 Å². The molecule has 2 heterocycles. The number of carbonyl (C=O) groups is 1. The predicted octanol–water partition coefficient (Wildman–Crippen LogP) is 2.95. The molecule has 0 N–H and O–H groups in total. The lowest BCUT2D eigenvalue weighted by Crippen LogP contribution is -2.49. The maximum atomic E-state index is 13.5. The first-order valence-electron chi connectivity index (χ1n) is 11.8. The highest BCUT2D eigenvalue weighted by Gasteiger charge is 2.36. The van der Waals surface area contributed by atoms with Crippen LogP contribution in [0.3, 0.4) is 0 Å². The van der Waals surface area contributed by atoms with Crippen LogP contribution in [-0.4, -0.2) is 72.6 Å². The number of hydrogen-bond acceptors (Lipinski definition) is 5. The molecule has 0 atom stereocenters. The maximum Gasteiger partial charge on any atom is 0.263 e. The van der Waals surface area contributed by atoms with Crippen LogP contribution >= 0.6 is 0 Å². The second-order valence-electron chi connectivity index (χ2n) is 9.41. The lowest BCUT2D eigenvalue weighted by Gasteiger charge is -2.36. The summed E-state index contributed by atoms with van der Waals surface area (Å²) in [6.45, 7) is 6.06. The fourth-order valence-electron chi connectivity index (χ4n) is 4.98. The van der Waals surface area contributed by atoms with Gasteiger partial charge in [-0.15, -0.1) is 0 Å². The molecule has 1 saturated heterocycles. The van der Waals surface area contributed by atoms with Crippen molar-refractivity contribution in [2.75, 3.05) is 38.1 Å². The van der Waals surface area contributed by atoms with Crippen LogP contribution in [0.25, 0.3) is 0 Å². The maximum absolute atomic E-state index is 13.5. The Kier molecular flexibility index (Phi) is 6.81. The van der Waals surface area contributed by atoms with Gasteiger partial charge >= 0.3 is 0 Å². The summed E-state index contributed by atoms with van der Waals surface area (Å²) in [5.41, 5.74) is 3.68. The summed E-state index contributed by atoms with van der Waals surface area (Å²) in [6, 6.07) is 6.49. The van der Waals surface area contributed by atoms with Gasteiger partial charge < -0.3 is 9.80 Å². The van der Waals surface area contributed by atoms with E-state index < -0.39 is 10.0 Å². The van der Waals surface area contributed by atoms with Crippen LogP contribution < -0.4 is 4.90 Å². The molecular weight excluding hydrogens is 438 g/mol. The molecular formula is C24H35N5O3S. The van der Waals surface area contributed by atoms with Crippen molar-refractivity contribution in [1.82, 2.24) is 19.0 Å². The van der Waals surface area contributed by atoms with E-state index >= 15 is 0 Å². The molecule has 2 aliphatic rings. The SMILES string of the molecule is Cc1ccc(C)c(N2CCN(S(=O)(=O)c3nn(C)cc3C(=O)N(C)C3CCCCC3)CC2)c1. The van der Waals surface area contributed by atoms with Crippen molar-refractivity contribution in [1.29, 1.82) is 0 Å². The van der Waals surface area contributed by atoms with Gasteiger partial charge in [0.1, 0.15) is 0 Å². The zero-order valence-electron chi connectivity index (χ0n) is 20.1. The van der Waals surface area contributed by atoms with Crippen molar-refractivity contribution in [2.24, 2.45) is 7.05 Å². The fraction of sp³-hybridized carbons (Fsp3) is 0.583. The van der Waals surface area contributed by atoms with Crippen molar-refractivity contribution < 1.29 is 13.2 Å². The number of piperazine rings is 1. The van der Waals surface area contributed by atoms with Crippen LogP contribution in [0.5, 0.6) is 0 Å². The van der Waals surface area contributed by atoms with Gasteiger partial charge in [-0.3, -0.25) is 9.48 Å². The number of hydrogen-bond donors (Lipinski definition) is 0. The van der Waals surface area contributed by atoms with Gasteiger partial charge in [0.2, 0.25) is 5.03 Å². The lowest BCUT2D eigenvalue weighted by molar-refractivity contribution is 0.0692. The van der Waals surface area contributed by atoms with E-state index in [0.717, 1.165) is 31.4 Å². The Labute approximate surface area is 197 Å². The normalized spacial score (nSPS) is 18.5. The molecule has 0 unspecified atom stereocenters. The molecule has 1 aliphatic carbocycles. The minimum Gasteiger partial charge on any atom is -0.369 e. The van der Waals surface area contributed by atoms with E-state index in [1.54, 1.807) is 25.2 Å². The number of anilines is 1. The van der Waals surface area contributed by atoms with Crippen LogP contribution in [0.15, 0.2) is 29.4 Å². The Hall–Kier alpha value is -2.39. The molecule has 0 spiro atoms. The Balaban J connectivity index is 1.52. The van der Waals surface area contributed by atoms with Crippen LogP contribution in [0.2, 0.25) is 0 Å². The molecule has 4 rings (SSSR count). The quantitative estimate of drug-likeness (QED) is 0.667. The molecule has 2 fully saturated rings. The summed E-state index contributed by atoms with van der Waals surface area (Å²) >= 11 is 0. The van der Waals surface area contributed by atoms with Crippen molar-refractivity contribution in [2.45, 2.75) is 57.0 Å². The standard InChI is InChI=1S/C24H35N5O3S/c1-18-10-11-19(2)22(16-18)28-12-14-29(15-13-28)33(31,32)23-21(17-26(3)25-23)24(30)27(4)20-8-6-5-7-9-20/h10-11,16-17,20H,5-9,12-15H2,1-4H3. The van der Waals surface area contributed by atoms with E-state index in [9.17, 15) is 13.2 Å². The third kappa shape index (κ3) is 4.80. The molecule has 2 aromatic rings. The Morgan fingerprint density at radius 3 is 2.39 bits per heavy atom. The molecule has 0 bridgehead atoms. The molecule has 1 aromatic heterocycles. The summed E-state index contributed by atoms with van der Waals surface area (Å²) in [7, 11) is -0.434. The van der Waals surface area contributed by atoms with Gasteiger partial charge in [-0.25, -0.2) is 8.42 Å². The Morgan fingerprint density at radius 2 is 1.73 bits per heavy atom. The van der Waals surface area contributed by atoms with Crippen LogP contribution in [0.1, 0.15) is 53.6 Å². The number of benzene rings is 1. The monoisotopic (exact) mass is 473 g/mol. The van der Waals surface area contributed by atoms with Crippen molar-refractivity contribution in [3.63, 3.8) is 0 Å². The van der Waals surface area contributed by atoms with Crippen molar-refractivity contribution in [3.05, 3.63) is 41.1 Å². The average molecular weight is 474 g/mol. The van der Waals surface area contributed by atoms with Gasteiger partial charge in [0.05, 0.1) is 5.56 Å². The molecule has 8 nitrogen and oxygen atoms in total. The topological polar surface area (TPSA) is 78.8 Å². The molecule has 1 saturated carbocycles. The second kappa shape index (κ2) is 9.46.